The molecule has 1 aromatic carbocycles. The number of carbonyl (C=O) groups excluding carboxylic acids is 2. The van der Waals surface area contributed by atoms with Gasteiger partial charge >= 0.3 is 0 Å². The number of aryl methyl sites for hydroxylation is 3. The van der Waals surface area contributed by atoms with Crippen molar-refractivity contribution in [1.82, 2.24) is 20.4 Å². The molecule has 0 bridgehead atoms. The van der Waals surface area contributed by atoms with Gasteiger partial charge in [-0.15, -0.1) is 0 Å². The zero-order valence-electron chi connectivity index (χ0n) is 22.5. The van der Waals surface area contributed by atoms with E-state index >= 15 is 0 Å². The lowest BCUT2D eigenvalue weighted by Crippen LogP contribution is -2.52. The van der Waals surface area contributed by atoms with Gasteiger partial charge in [0, 0.05) is 40.4 Å². The minimum atomic E-state index is -0.975. The Labute approximate surface area is 230 Å². The molecule has 2 aliphatic rings. The van der Waals surface area contributed by atoms with Crippen LogP contribution in [0.5, 0.6) is 5.75 Å². The van der Waals surface area contributed by atoms with Crippen LogP contribution in [0.1, 0.15) is 58.6 Å². The molecular weight excluding hydrogens is 513 g/mol. The first-order chi connectivity index (χ1) is 19.3. The molecular formula is C30H30FN5O4. The van der Waals surface area contributed by atoms with Crippen LogP contribution in [0.2, 0.25) is 0 Å². The van der Waals surface area contributed by atoms with Gasteiger partial charge in [-0.05, 0) is 56.9 Å². The number of aromatic amines is 1. The van der Waals surface area contributed by atoms with Gasteiger partial charge < -0.3 is 24.9 Å². The minimum Gasteiger partial charge on any atom is -0.493 e. The Hall–Kier alpha value is -4.47. The van der Waals surface area contributed by atoms with Crippen molar-refractivity contribution in [3.63, 3.8) is 0 Å². The van der Waals surface area contributed by atoms with E-state index in [4.69, 9.17) is 9.26 Å². The molecule has 3 aromatic heterocycles. The van der Waals surface area contributed by atoms with Crippen LogP contribution in [0.25, 0.3) is 11.3 Å². The number of nitrogens with one attached hydrogen (secondary N) is 3. The number of H-pyrrole nitrogens is 1. The quantitative estimate of drug-likeness (QED) is 0.299. The Morgan fingerprint density at radius 1 is 1.23 bits per heavy atom. The fourth-order valence-corrected chi connectivity index (χ4v) is 5.79. The topological polar surface area (TPSA) is 122 Å². The van der Waals surface area contributed by atoms with Crippen LogP contribution >= 0.6 is 0 Å². The molecule has 1 spiro atoms. The summed E-state index contributed by atoms with van der Waals surface area (Å²) in [6.45, 7) is 6.20. The second-order valence-electron chi connectivity index (χ2n) is 10.7. The van der Waals surface area contributed by atoms with E-state index in [1.165, 1.54) is 18.4 Å². The molecule has 0 radical (unpaired) electrons. The lowest BCUT2D eigenvalue weighted by molar-refractivity contribution is -0.119. The molecule has 6 rings (SSSR count). The molecule has 4 aromatic rings. The van der Waals surface area contributed by atoms with E-state index in [-0.39, 0.29) is 11.0 Å². The highest BCUT2D eigenvalue weighted by molar-refractivity contribution is 6.02. The van der Waals surface area contributed by atoms with Gasteiger partial charge in [0.25, 0.3) is 5.91 Å². The van der Waals surface area contributed by atoms with E-state index in [1.54, 1.807) is 18.3 Å². The third-order valence-electron chi connectivity index (χ3n) is 8.07. The van der Waals surface area contributed by atoms with Crippen molar-refractivity contribution >= 4 is 17.5 Å². The van der Waals surface area contributed by atoms with E-state index in [0.717, 1.165) is 35.4 Å². The molecule has 0 saturated heterocycles. The number of hydrogen-bond acceptors (Lipinski definition) is 6. The van der Waals surface area contributed by atoms with Gasteiger partial charge in [0.05, 0.1) is 29.9 Å². The number of anilines is 1. The van der Waals surface area contributed by atoms with Gasteiger partial charge in [-0.2, -0.15) is 0 Å². The Balaban J connectivity index is 1.34. The van der Waals surface area contributed by atoms with Gasteiger partial charge in [0.2, 0.25) is 5.91 Å². The average molecular weight is 544 g/mol. The molecule has 1 saturated carbocycles. The largest absolute Gasteiger partial charge is 0.493 e. The highest BCUT2D eigenvalue weighted by atomic mass is 19.1. The van der Waals surface area contributed by atoms with Gasteiger partial charge in [-0.3, -0.25) is 14.6 Å². The first-order valence-corrected chi connectivity index (χ1v) is 13.4. The van der Waals surface area contributed by atoms with Crippen LogP contribution in [0.3, 0.4) is 0 Å². The van der Waals surface area contributed by atoms with E-state index < -0.39 is 29.6 Å². The minimum absolute atomic E-state index is 0.278. The third kappa shape index (κ3) is 4.53. The van der Waals surface area contributed by atoms with Gasteiger partial charge in [-0.25, -0.2) is 4.39 Å². The second-order valence-corrected chi connectivity index (χ2v) is 10.7. The number of hydrogen-bond donors (Lipinski definition) is 3. The Bertz CT molecular complexity index is 1570. The van der Waals surface area contributed by atoms with Gasteiger partial charge in [-0.1, -0.05) is 18.1 Å². The van der Waals surface area contributed by atoms with Crippen LogP contribution in [-0.4, -0.2) is 39.6 Å². The summed E-state index contributed by atoms with van der Waals surface area (Å²) in [6.07, 6.45) is 6.97. The SMILES string of the molecule is CCc1nocc1C(=O)N[C@H](C(=O)Nc1ccc(-c2c(C)c[nH]c2C)nc1)C1c2ccc(F)cc2OCC12CC2. The zero-order valence-corrected chi connectivity index (χ0v) is 22.5. The number of rotatable bonds is 7. The van der Waals surface area contributed by atoms with Gasteiger partial charge in [0.1, 0.15) is 29.4 Å². The molecule has 1 aliphatic carbocycles. The summed E-state index contributed by atoms with van der Waals surface area (Å²) in [6, 6.07) is 7.01. The third-order valence-corrected chi connectivity index (χ3v) is 8.07. The van der Waals surface area contributed by atoms with Crippen LogP contribution in [0, 0.1) is 25.1 Å². The molecule has 2 amide bonds. The number of halogens is 1. The molecule has 3 N–H and O–H groups in total. The highest BCUT2D eigenvalue weighted by Gasteiger charge is 2.58. The van der Waals surface area contributed by atoms with Crippen molar-refractivity contribution in [1.29, 1.82) is 0 Å². The summed E-state index contributed by atoms with van der Waals surface area (Å²) in [5.41, 5.74) is 5.52. The second kappa shape index (κ2) is 9.93. The molecule has 4 heterocycles. The van der Waals surface area contributed by atoms with Crippen molar-refractivity contribution < 1.29 is 23.2 Å². The summed E-state index contributed by atoms with van der Waals surface area (Å²) < 4.78 is 25.0. The molecule has 10 heteroatoms. The van der Waals surface area contributed by atoms with E-state index in [1.807, 2.05) is 33.0 Å². The predicted molar refractivity (Wildman–Crippen MR) is 146 cm³/mol. The van der Waals surface area contributed by atoms with E-state index in [9.17, 15) is 14.0 Å². The van der Waals surface area contributed by atoms with E-state index in [2.05, 4.69) is 25.8 Å². The highest BCUT2D eigenvalue weighted by Crippen LogP contribution is 2.61. The van der Waals surface area contributed by atoms with E-state index in [0.29, 0.717) is 35.7 Å². The standard InChI is InChI=1S/C30H30FN5O4/c1-4-22-21(14-40-36-22)28(37)35-27(26-20-7-5-18(31)11-24(20)39-15-30(26)9-10-30)29(38)34-19-6-8-23(33-13-19)25-16(2)12-32-17(25)3/h5-8,11-14,26-27,32H,4,9-10,15H2,1-3H3,(H,34,38)(H,35,37)/t26?,27-/m0/s1. The summed E-state index contributed by atoms with van der Waals surface area (Å²) in [5, 5.41) is 9.82. The lowest BCUT2D eigenvalue weighted by atomic mass is 9.75. The Morgan fingerprint density at radius 3 is 2.73 bits per heavy atom. The smallest absolute Gasteiger partial charge is 0.257 e. The molecule has 206 valence electrons. The number of ether oxygens (including phenoxy) is 1. The average Bonchev–Trinajstić information content (AvgIpc) is 3.39. The van der Waals surface area contributed by atoms with Crippen LogP contribution < -0.4 is 15.4 Å². The molecule has 1 aliphatic heterocycles. The number of aromatic nitrogens is 3. The number of fused-ring (bicyclic) bond motifs is 1. The number of carbonyl (C=O) groups is 2. The summed E-state index contributed by atoms with van der Waals surface area (Å²) in [4.78, 5) is 35.2. The predicted octanol–water partition coefficient (Wildman–Crippen LogP) is 5.08. The first-order valence-electron chi connectivity index (χ1n) is 13.4. The number of pyridine rings is 1. The van der Waals surface area contributed by atoms with Crippen molar-refractivity contribution in [3.05, 3.63) is 82.9 Å². The fraction of sp³-hybridized carbons (Fsp3) is 0.333. The Morgan fingerprint density at radius 2 is 2.05 bits per heavy atom. The van der Waals surface area contributed by atoms with Crippen molar-refractivity contribution in [2.45, 2.75) is 52.0 Å². The number of nitrogens with zero attached hydrogens (tertiary/aromatic N) is 2. The van der Waals surface area contributed by atoms with Crippen molar-refractivity contribution in [2.24, 2.45) is 5.41 Å². The molecule has 40 heavy (non-hydrogen) atoms. The molecule has 9 nitrogen and oxygen atoms in total. The summed E-state index contributed by atoms with van der Waals surface area (Å²) >= 11 is 0. The summed E-state index contributed by atoms with van der Waals surface area (Å²) in [7, 11) is 0. The fourth-order valence-electron chi connectivity index (χ4n) is 5.79. The van der Waals surface area contributed by atoms with Crippen LogP contribution in [0.15, 0.2) is 53.5 Å². The number of amides is 2. The van der Waals surface area contributed by atoms with Crippen molar-refractivity contribution in [3.8, 4) is 17.0 Å². The Kier molecular flexibility index (Phi) is 6.40. The summed E-state index contributed by atoms with van der Waals surface area (Å²) in [5.74, 6) is -1.33. The normalized spacial score (nSPS) is 17.6. The zero-order chi connectivity index (χ0) is 28.0. The number of benzene rings is 1. The lowest BCUT2D eigenvalue weighted by Gasteiger charge is -2.38. The van der Waals surface area contributed by atoms with Crippen molar-refractivity contribution in [2.75, 3.05) is 11.9 Å². The maximum Gasteiger partial charge on any atom is 0.257 e. The maximum absolute atomic E-state index is 14.1. The first kappa shape index (κ1) is 25.8. The molecule has 2 atom stereocenters. The van der Waals surface area contributed by atoms with Gasteiger partial charge in [0.15, 0.2) is 0 Å². The molecule has 1 unspecified atom stereocenters. The monoisotopic (exact) mass is 543 g/mol. The van der Waals surface area contributed by atoms with Crippen LogP contribution in [0.4, 0.5) is 10.1 Å². The van der Waals surface area contributed by atoms with Crippen LogP contribution in [-0.2, 0) is 11.2 Å². The maximum atomic E-state index is 14.1. The molecule has 1 fully saturated rings.